The maximum atomic E-state index is 13.4. The van der Waals surface area contributed by atoms with Crippen molar-refractivity contribution < 1.29 is 42.2 Å². The van der Waals surface area contributed by atoms with Crippen molar-refractivity contribution in [3.63, 3.8) is 0 Å². The number of esters is 1. The van der Waals surface area contributed by atoms with E-state index in [0.29, 0.717) is 47.1 Å². The fourth-order valence-corrected chi connectivity index (χ4v) is 7.43. The van der Waals surface area contributed by atoms with Crippen LogP contribution in [0.5, 0.6) is 11.5 Å². The Hall–Kier alpha value is -7.93. The normalized spacial score (nSPS) is 11.6. The van der Waals surface area contributed by atoms with Crippen molar-refractivity contribution in [3.05, 3.63) is 168 Å². The molecule has 0 bridgehead atoms. The molecule has 8 aromatic rings. The quantitative estimate of drug-likeness (QED) is 0.0922. The minimum Gasteiger partial charge on any atom is -0.496 e. The average Bonchev–Trinajstić information content (AvgIpc) is 4.11. The van der Waals surface area contributed by atoms with Gasteiger partial charge in [-0.25, -0.2) is 19.6 Å². The second-order valence-corrected chi connectivity index (χ2v) is 15.3. The molecule has 13 heteroatoms. The first-order chi connectivity index (χ1) is 31.2. The topological polar surface area (TPSA) is 157 Å². The van der Waals surface area contributed by atoms with Gasteiger partial charge < -0.3 is 33.1 Å². The van der Waals surface area contributed by atoms with Crippen LogP contribution < -0.4 is 14.8 Å². The van der Waals surface area contributed by atoms with Crippen LogP contribution in [0.15, 0.2) is 149 Å². The highest BCUT2D eigenvalue weighted by atomic mass is 16.5. The van der Waals surface area contributed by atoms with Gasteiger partial charge in [0.1, 0.15) is 42.6 Å². The molecule has 0 radical (unpaired) electrons. The van der Waals surface area contributed by atoms with Gasteiger partial charge in [-0.05, 0) is 58.9 Å². The van der Waals surface area contributed by atoms with Crippen LogP contribution in [0.4, 0.5) is 4.79 Å². The standard InChI is InChI=1S/C51H46N4O9/c1-32(2)47(54-45(56)25-23-33-22-24-42(59-3)38(26-33)50(57)63-30-35-16-9-6-10-17-35)49-53-40(31-62-49)48-52-27-44(64-48)39-28-55(51(58)60-4)41-20-13-19-37(46(39)41)36-18-11-12-21-43(36)61-29-34-14-7-5-8-15-34/h5-22,24,26-28,31-32,47H,23,25,29-30H2,1-4H3,(H,54,56)/t47-/m0/s1. The molecule has 0 saturated heterocycles. The van der Waals surface area contributed by atoms with Gasteiger partial charge in [-0.1, -0.05) is 111 Å². The second-order valence-electron chi connectivity index (χ2n) is 15.3. The number of oxazole rings is 2. The number of aryl methyl sites for hydroxylation is 1. The van der Waals surface area contributed by atoms with Crippen molar-refractivity contribution in [2.45, 2.75) is 45.9 Å². The largest absolute Gasteiger partial charge is 0.496 e. The maximum Gasteiger partial charge on any atom is 0.418 e. The molecule has 64 heavy (non-hydrogen) atoms. The van der Waals surface area contributed by atoms with Gasteiger partial charge in [0.25, 0.3) is 0 Å². The first-order valence-corrected chi connectivity index (χ1v) is 20.8. The summed E-state index contributed by atoms with van der Waals surface area (Å²) in [6.45, 7) is 4.40. The average molecular weight is 859 g/mol. The van der Waals surface area contributed by atoms with Crippen LogP contribution in [0, 0.1) is 5.92 Å². The smallest absolute Gasteiger partial charge is 0.418 e. The molecule has 0 fully saturated rings. The Balaban J connectivity index is 0.998. The van der Waals surface area contributed by atoms with Gasteiger partial charge in [-0.15, -0.1) is 0 Å². The van der Waals surface area contributed by atoms with Crippen LogP contribution in [0.25, 0.3) is 44.9 Å². The molecule has 8 rings (SSSR count). The van der Waals surface area contributed by atoms with Gasteiger partial charge in [0, 0.05) is 29.1 Å². The van der Waals surface area contributed by atoms with Gasteiger partial charge in [-0.2, -0.15) is 0 Å². The molecule has 0 saturated carbocycles. The number of carbonyl (C=O) groups is 3. The van der Waals surface area contributed by atoms with Crippen LogP contribution in [-0.2, 0) is 33.9 Å². The Labute approximate surface area is 369 Å². The summed E-state index contributed by atoms with van der Waals surface area (Å²) in [5.41, 5.74) is 6.09. The number of hydrogen-bond acceptors (Lipinski definition) is 11. The Bertz CT molecular complexity index is 2900. The number of benzene rings is 5. The summed E-state index contributed by atoms with van der Waals surface area (Å²) in [6.07, 6.45) is 4.60. The minimum absolute atomic E-state index is 0.0926. The van der Waals surface area contributed by atoms with Crippen LogP contribution in [0.1, 0.15) is 59.2 Å². The number of amides is 1. The number of para-hydroxylation sites is 1. The van der Waals surface area contributed by atoms with E-state index in [0.717, 1.165) is 33.2 Å². The van der Waals surface area contributed by atoms with Gasteiger partial charge in [-0.3, -0.25) is 9.36 Å². The van der Waals surface area contributed by atoms with Crippen LogP contribution in [0.2, 0.25) is 0 Å². The Kier molecular flexibility index (Phi) is 13.0. The number of hydrogen-bond donors (Lipinski definition) is 1. The second kappa shape index (κ2) is 19.4. The molecule has 0 aliphatic rings. The van der Waals surface area contributed by atoms with Crippen LogP contribution in [-0.4, -0.2) is 46.7 Å². The van der Waals surface area contributed by atoms with E-state index in [4.69, 9.17) is 32.8 Å². The van der Waals surface area contributed by atoms with E-state index in [1.54, 1.807) is 24.5 Å². The highest BCUT2D eigenvalue weighted by molar-refractivity contribution is 6.08. The summed E-state index contributed by atoms with van der Waals surface area (Å²) < 4.78 is 36.2. The van der Waals surface area contributed by atoms with Gasteiger partial charge in [0.2, 0.25) is 17.7 Å². The highest BCUT2D eigenvalue weighted by Crippen LogP contribution is 2.42. The van der Waals surface area contributed by atoms with E-state index in [1.165, 1.54) is 25.0 Å². The zero-order valence-electron chi connectivity index (χ0n) is 35.8. The predicted octanol–water partition coefficient (Wildman–Crippen LogP) is 10.6. The number of aromatic nitrogens is 3. The predicted molar refractivity (Wildman–Crippen MR) is 240 cm³/mol. The third kappa shape index (κ3) is 9.43. The van der Waals surface area contributed by atoms with Crippen molar-refractivity contribution in [2.75, 3.05) is 14.2 Å². The summed E-state index contributed by atoms with van der Waals surface area (Å²) in [6, 6.07) is 37.4. The van der Waals surface area contributed by atoms with Crippen LogP contribution >= 0.6 is 0 Å². The summed E-state index contributed by atoms with van der Waals surface area (Å²) in [5, 5.41) is 3.79. The zero-order chi connectivity index (χ0) is 44.6. The van der Waals surface area contributed by atoms with E-state index in [-0.39, 0.29) is 42.2 Å². The monoisotopic (exact) mass is 858 g/mol. The Morgan fingerprint density at radius 2 is 1.48 bits per heavy atom. The van der Waals surface area contributed by atoms with Crippen LogP contribution in [0.3, 0.4) is 0 Å². The molecule has 1 N–H and O–H groups in total. The van der Waals surface area contributed by atoms with Crippen molar-refractivity contribution in [2.24, 2.45) is 5.92 Å². The van der Waals surface area contributed by atoms with Crippen molar-refractivity contribution in [1.82, 2.24) is 19.9 Å². The molecule has 1 atom stereocenters. The van der Waals surface area contributed by atoms with Gasteiger partial charge in [0.05, 0.1) is 25.9 Å². The molecule has 0 aliphatic carbocycles. The zero-order valence-corrected chi connectivity index (χ0v) is 35.8. The number of carbonyl (C=O) groups excluding carboxylic acids is 3. The lowest BCUT2D eigenvalue weighted by Crippen LogP contribution is -2.32. The molecular weight excluding hydrogens is 813 g/mol. The number of fused-ring (bicyclic) bond motifs is 1. The maximum absolute atomic E-state index is 13.4. The molecule has 5 aromatic carbocycles. The SMILES string of the molecule is COC(=O)n1cc(-c2cnc(-c3coc([C@@H](NC(=O)CCc4ccc(OC)c(C(=O)OCc5ccccc5)c4)C(C)C)n3)o2)c2c(-c3ccccc3OCc3ccccc3)cccc21. The molecule has 0 aliphatic heterocycles. The number of methoxy groups -OCH3 is 2. The first kappa shape index (κ1) is 42.7. The summed E-state index contributed by atoms with van der Waals surface area (Å²) >= 11 is 0. The third-order valence-electron chi connectivity index (χ3n) is 10.7. The summed E-state index contributed by atoms with van der Waals surface area (Å²) in [4.78, 5) is 48.8. The fraction of sp³-hybridized carbons (Fsp3) is 0.196. The molecule has 13 nitrogen and oxygen atoms in total. The molecule has 3 aromatic heterocycles. The van der Waals surface area contributed by atoms with Gasteiger partial charge in [0.15, 0.2) is 11.5 Å². The molecule has 3 heterocycles. The van der Waals surface area contributed by atoms with E-state index in [2.05, 4.69) is 10.3 Å². The van der Waals surface area contributed by atoms with Gasteiger partial charge >= 0.3 is 12.1 Å². The molecule has 0 unspecified atom stereocenters. The van der Waals surface area contributed by atoms with Crippen molar-refractivity contribution in [1.29, 1.82) is 0 Å². The van der Waals surface area contributed by atoms with E-state index in [1.807, 2.05) is 123 Å². The minimum atomic E-state index is -0.572. The van der Waals surface area contributed by atoms with E-state index in [9.17, 15) is 14.4 Å². The number of rotatable bonds is 16. The Morgan fingerprint density at radius 3 is 2.22 bits per heavy atom. The molecule has 324 valence electrons. The lowest BCUT2D eigenvalue weighted by atomic mass is 9.97. The van der Waals surface area contributed by atoms with Crippen molar-refractivity contribution in [3.8, 4) is 45.5 Å². The molecular formula is C51H46N4O9. The fourth-order valence-electron chi connectivity index (χ4n) is 7.43. The van der Waals surface area contributed by atoms with E-state index < -0.39 is 18.1 Å². The lowest BCUT2D eigenvalue weighted by molar-refractivity contribution is -0.122. The number of ether oxygens (including phenoxy) is 4. The van der Waals surface area contributed by atoms with E-state index >= 15 is 0 Å². The lowest BCUT2D eigenvalue weighted by Gasteiger charge is -2.19. The summed E-state index contributed by atoms with van der Waals surface area (Å²) in [5.74, 6) is 1.05. The molecule has 0 spiro atoms. The third-order valence-corrected chi connectivity index (χ3v) is 10.7. The number of nitrogens with one attached hydrogen (secondary N) is 1. The summed E-state index contributed by atoms with van der Waals surface area (Å²) in [7, 11) is 2.82. The van der Waals surface area contributed by atoms with Crippen molar-refractivity contribution >= 4 is 28.9 Å². The first-order valence-electron chi connectivity index (χ1n) is 20.8. The highest BCUT2D eigenvalue weighted by Gasteiger charge is 2.27. The Morgan fingerprint density at radius 1 is 0.766 bits per heavy atom. The number of nitrogens with zero attached hydrogens (tertiary/aromatic N) is 3. The molecule has 1 amide bonds.